The molecule has 2 aliphatic rings. The summed E-state index contributed by atoms with van der Waals surface area (Å²) in [7, 11) is 0. The fourth-order valence-corrected chi connectivity index (χ4v) is 3.18. The number of rotatable bonds is 3. The Balaban J connectivity index is 1.77. The van der Waals surface area contributed by atoms with Crippen LogP contribution in [0.25, 0.3) is 0 Å². The number of terminal acetylenes is 1. The second kappa shape index (κ2) is 5.23. The summed E-state index contributed by atoms with van der Waals surface area (Å²) in [6, 6.07) is 9.95. The average molecular weight is 282 g/mol. The van der Waals surface area contributed by atoms with E-state index in [1.54, 1.807) is 4.90 Å². The second-order valence-corrected chi connectivity index (χ2v) is 5.55. The molecule has 1 unspecified atom stereocenters. The molecule has 1 spiro atoms. The predicted octanol–water partition coefficient (Wildman–Crippen LogP) is 1.06. The van der Waals surface area contributed by atoms with E-state index in [9.17, 15) is 4.79 Å². The maximum Gasteiger partial charge on any atom is 0.346 e. The zero-order chi connectivity index (χ0) is 14.9. The SMILES string of the molecule is C#CCN1C(=O)N=C(N)C12CCN(Cc1ccccc1)C2. The Morgan fingerprint density at radius 3 is 2.86 bits per heavy atom. The first-order valence-electron chi connectivity index (χ1n) is 7.02. The van der Waals surface area contributed by atoms with Gasteiger partial charge in [-0.1, -0.05) is 36.3 Å². The molecule has 2 N–H and O–H groups in total. The fraction of sp³-hybridized carbons (Fsp3) is 0.375. The van der Waals surface area contributed by atoms with Crippen molar-refractivity contribution in [2.75, 3.05) is 19.6 Å². The summed E-state index contributed by atoms with van der Waals surface area (Å²) < 4.78 is 0. The van der Waals surface area contributed by atoms with Gasteiger partial charge in [-0.25, -0.2) is 4.79 Å². The minimum atomic E-state index is -0.516. The molecule has 0 bridgehead atoms. The van der Waals surface area contributed by atoms with Crippen molar-refractivity contribution >= 4 is 11.9 Å². The van der Waals surface area contributed by atoms with Crippen LogP contribution in [0.5, 0.6) is 0 Å². The van der Waals surface area contributed by atoms with Gasteiger partial charge in [0.2, 0.25) is 0 Å². The van der Waals surface area contributed by atoms with Crippen LogP contribution in [0.3, 0.4) is 0 Å². The van der Waals surface area contributed by atoms with E-state index in [0.29, 0.717) is 12.4 Å². The smallest absolute Gasteiger partial charge is 0.346 e. The van der Waals surface area contributed by atoms with Crippen LogP contribution >= 0.6 is 0 Å². The normalized spacial score (nSPS) is 25.4. The zero-order valence-corrected chi connectivity index (χ0v) is 11.8. The summed E-state index contributed by atoms with van der Waals surface area (Å²) in [5, 5.41) is 0. The number of hydrogen-bond acceptors (Lipinski definition) is 3. The van der Waals surface area contributed by atoms with Crippen LogP contribution in [0.15, 0.2) is 35.3 Å². The monoisotopic (exact) mass is 282 g/mol. The quantitative estimate of drug-likeness (QED) is 0.843. The number of aliphatic imine (C=N–C) groups is 1. The first-order chi connectivity index (χ1) is 10.2. The van der Waals surface area contributed by atoms with Crippen molar-refractivity contribution in [3.63, 3.8) is 0 Å². The van der Waals surface area contributed by atoms with E-state index in [1.165, 1.54) is 5.56 Å². The molecule has 1 aromatic carbocycles. The van der Waals surface area contributed by atoms with E-state index in [0.717, 1.165) is 19.5 Å². The number of amides is 2. The Morgan fingerprint density at radius 2 is 2.14 bits per heavy atom. The molecule has 2 aliphatic heterocycles. The van der Waals surface area contributed by atoms with Crippen LogP contribution in [0.2, 0.25) is 0 Å². The summed E-state index contributed by atoms with van der Waals surface area (Å²) in [6.07, 6.45) is 6.16. The van der Waals surface area contributed by atoms with E-state index in [4.69, 9.17) is 12.2 Å². The van der Waals surface area contributed by atoms with Crippen LogP contribution in [-0.2, 0) is 6.54 Å². The number of nitrogens with two attached hydrogens (primary N) is 1. The molecule has 5 nitrogen and oxygen atoms in total. The van der Waals surface area contributed by atoms with Gasteiger partial charge in [-0.05, 0) is 12.0 Å². The van der Waals surface area contributed by atoms with Crippen molar-refractivity contribution in [2.24, 2.45) is 10.7 Å². The third kappa shape index (κ3) is 2.28. The molecule has 1 atom stereocenters. The predicted molar refractivity (Wildman–Crippen MR) is 81.6 cm³/mol. The van der Waals surface area contributed by atoms with E-state index < -0.39 is 5.54 Å². The van der Waals surface area contributed by atoms with Crippen LogP contribution in [0.4, 0.5) is 4.79 Å². The molecule has 1 fully saturated rings. The summed E-state index contributed by atoms with van der Waals surface area (Å²) >= 11 is 0. The van der Waals surface area contributed by atoms with Gasteiger partial charge in [-0.2, -0.15) is 4.99 Å². The second-order valence-electron chi connectivity index (χ2n) is 5.55. The molecule has 1 aromatic rings. The third-order valence-electron chi connectivity index (χ3n) is 4.27. The summed E-state index contributed by atoms with van der Waals surface area (Å²) in [5.41, 5.74) is 6.77. The van der Waals surface area contributed by atoms with E-state index in [1.807, 2.05) is 18.2 Å². The zero-order valence-electron chi connectivity index (χ0n) is 11.8. The lowest BCUT2D eigenvalue weighted by atomic mass is 9.96. The van der Waals surface area contributed by atoms with Gasteiger partial charge in [-0.3, -0.25) is 9.80 Å². The Kier molecular flexibility index (Phi) is 3.40. The van der Waals surface area contributed by atoms with Gasteiger partial charge in [0.05, 0.1) is 6.54 Å². The van der Waals surface area contributed by atoms with Crippen molar-refractivity contribution in [3.8, 4) is 12.3 Å². The van der Waals surface area contributed by atoms with Crippen LogP contribution in [0, 0.1) is 12.3 Å². The highest BCUT2D eigenvalue weighted by Crippen LogP contribution is 2.33. The fourth-order valence-electron chi connectivity index (χ4n) is 3.18. The number of urea groups is 1. The van der Waals surface area contributed by atoms with Crippen molar-refractivity contribution in [2.45, 2.75) is 18.5 Å². The van der Waals surface area contributed by atoms with Crippen molar-refractivity contribution in [3.05, 3.63) is 35.9 Å². The lowest BCUT2D eigenvalue weighted by molar-refractivity contribution is 0.180. The molecule has 0 radical (unpaired) electrons. The number of likely N-dealkylation sites (tertiary alicyclic amines) is 1. The molecule has 1 saturated heterocycles. The Bertz CT molecular complexity index is 619. The molecule has 108 valence electrons. The molecule has 5 heteroatoms. The lowest BCUT2D eigenvalue weighted by Crippen LogP contribution is -2.55. The van der Waals surface area contributed by atoms with Gasteiger partial charge >= 0.3 is 6.03 Å². The number of amidine groups is 1. The Hall–Kier alpha value is -2.32. The minimum absolute atomic E-state index is 0.252. The molecule has 0 aliphatic carbocycles. The summed E-state index contributed by atoms with van der Waals surface area (Å²) in [4.78, 5) is 19.8. The van der Waals surface area contributed by atoms with Crippen molar-refractivity contribution < 1.29 is 4.79 Å². The number of benzene rings is 1. The highest BCUT2D eigenvalue weighted by Gasteiger charge is 2.52. The lowest BCUT2D eigenvalue weighted by Gasteiger charge is -2.33. The summed E-state index contributed by atoms with van der Waals surface area (Å²) in [5.74, 6) is 2.94. The summed E-state index contributed by atoms with van der Waals surface area (Å²) in [6.45, 7) is 2.65. The van der Waals surface area contributed by atoms with Crippen molar-refractivity contribution in [1.82, 2.24) is 9.80 Å². The van der Waals surface area contributed by atoms with Crippen LogP contribution in [0.1, 0.15) is 12.0 Å². The van der Waals surface area contributed by atoms with Gasteiger partial charge in [-0.15, -0.1) is 6.42 Å². The van der Waals surface area contributed by atoms with E-state index >= 15 is 0 Å². The molecule has 0 saturated carbocycles. The Morgan fingerprint density at radius 1 is 1.38 bits per heavy atom. The van der Waals surface area contributed by atoms with Gasteiger partial charge in [0, 0.05) is 19.6 Å². The Labute approximate surface area is 124 Å². The minimum Gasteiger partial charge on any atom is -0.385 e. The molecule has 2 heterocycles. The standard InChI is InChI=1S/C16H18N4O/c1-2-9-20-15(21)18-14(17)16(20)8-10-19(12-16)11-13-6-4-3-5-7-13/h1,3-7H,8-12H2,(H2,17,18,21). The third-order valence-corrected chi connectivity index (χ3v) is 4.27. The van der Waals surface area contributed by atoms with E-state index in [-0.39, 0.29) is 12.6 Å². The van der Waals surface area contributed by atoms with Gasteiger partial charge in [0.15, 0.2) is 0 Å². The van der Waals surface area contributed by atoms with E-state index in [2.05, 4.69) is 27.9 Å². The van der Waals surface area contributed by atoms with Crippen LogP contribution in [-0.4, -0.2) is 46.8 Å². The van der Waals surface area contributed by atoms with Crippen LogP contribution < -0.4 is 5.73 Å². The van der Waals surface area contributed by atoms with Gasteiger partial charge < -0.3 is 5.73 Å². The number of hydrogen-bond donors (Lipinski definition) is 1. The first kappa shape index (κ1) is 13.7. The molecule has 2 amide bonds. The molecular weight excluding hydrogens is 264 g/mol. The topological polar surface area (TPSA) is 61.9 Å². The maximum absolute atomic E-state index is 11.9. The van der Waals surface area contributed by atoms with Crippen molar-refractivity contribution in [1.29, 1.82) is 0 Å². The maximum atomic E-state index is 11.9. The molecule has 3 rings (SSSR count). The molecule has 0 aromatic heterocycles. The molecule has 21 heavy (non-hydrogen) atoms. The largest absolute Gasteiger partial charge is 0.385 e. The number of carbonyl (C=O) groups is 1. The van der Waals surface area contributed by atoms with Gasteiger partial charge in [0.25, 0.3) is 0 Å². The first-order valence-corrected chi connectivity index (χ1v) is 7.02. The highest BCUT2D eigenvalue weighted by atomic mass is 16.2. The number of carbonyl (C=O) groups excluding carboxylic acids is 1. The average Bonchev–Trinajstić information content (AvgIpc) is 2.99. The number of nitrogens with zero attached hydrogens (tertiary/aromatic N) is 3. The van der Waals surface area contributed by atoms with Gasteiger partial charge in [0.1, 0.15) is 11.4 Å². The highest BCUT2D eigenvalue weighted by molar-refractivity contribution is 6.06. The molecular formula is C16H18N4O.